The summed E-state index contributed by atoms with van der Waals surface area (Å²) in [4.78, 5) is 13.7. The minimum absolute atomic E-state index is 0.103. The second kappa shape index (κ2) is 9.14. The molecular formula is C17H22N4O2S. The first-order valence-corrected chi connectivity index (χ1v) is 8.67. The Bertz CT molecular complexity index is 660. The Morgan fingerprint density at radius 1 is 1.42 bits per heavy atom. The molecule has 2 aromatic rings. The Labute approximate surface area is 145 Å². The van der Waals surface area contributed by atoms with Gasteiger partial charge in [-0.15, -0.1) is 16.8 Å². The van der Waals surface area contributed by atoms with Gasteiger partial charge in [-0.05, 0) is 12.0 Å². The van der Waals surface area contributed by atoms with Gasteiger partial charge in [-0.3, -0.25) is 5.32 Å². The Hall–Kier alpha value is -2.25. The fourth-order valence-electron chi connectivity index (χ4n) is 2.39. The first-order valence-electron chi connectivity index (χ1n) is 7.85. The van der Waals surface area contributed by atoms with Crippen molar-refractivity contribution in [2.45, 2.75) is 19.3 Å². The largest absolute Gasteiger partial charge is 0.395 e. The highest BCUT2D eigenvalue weighted by molar-refractivity contribution is 7.15. The van der Waals surface area contributed by atoms with E-state index < -0.39 is 0 Å². The molecule has 1 heterocycles. The molecule has 2 N–H and O–H groups in total. The Kier molecular flexibility index (Phi) is 6.89. The number of carbonyl (C=O) groups excluding carboxylic acids is 1. The summed E-state index contributed by atoms with van der Waals surface area (Å²) in [5.74, 6) is 0.163. The van der Waals surface area contributed by atoms with Crippen molar-refractivity contribution in [2.24, 2.45) is 0 Å². The highest BCUT2D eigenvalue weighted by Crippen LogP contribution is 2.31. The summed E-state index contributed by atoms with van der Waals surface area (Å²) in [6.07, 6.45) is 2.52. The molecule has 2 amide bonds. The molecule has 0 spiro atoms. The van der Waals surface area contributed by atoms with Crippen LogP contribution in [0, 0.1) is 0 Å². The summed E-state index contributed by atoms with van der Waals surface area (Å²) in [6.45, 7) is 6.22. The number of hydrogen-bond donors (Lipinski definition) is 2. The van der Waals surface area contributed by atoms with Gasteiger partial charge in [-0.25, -0.2) is 4.79 Å². The number of rotatable bonds is 8. The van der Waals surface area contributed by atoms with Gasteiger partial charge in [0.15, 0.2) is 0 Å². The monoisotopic (exact) mass is 346 g/mol. The van der Waals surface area contributed by atoms with Gasteiger partial charge in [-0.2, -0.15) is 0 Å². The maximum atomic E-state index is 12.2. The fraction of sp³-hybridized carbons (Fsp3) is 0.353. The first-order chi connectivity index (χ1) is 11.7. The van der Waals surface area contributed by atoms with Crippen LogP contribution in [0.5, 0.6) is 0 Å². The van der Waals surface area contributed by atoms with E-state index in [1.165, 1.54) is 21.8 Å². The second-order valence-electron chi connectivity index (χ2n) is 5.21. The minimum atomic E-state index is -0.320. The highest BCUT2D eigenvalue weighted by Gasteiger charge is 2.19. The lowest BCUT2D eigenvalue weighted by Crippen LogP contribution is -2.37. The predicted octanol–water partition coefficient (Wildman–Crippen LogP) is 3.09. The van der Waals surface area contributed by atoms with E-state index in [9.17, 15) is 4.79 Å². The number of hydrogen-bond acceptors (Lipinski definition) is 5. The molecule has 0 saturated carbocycles. The SMILES string of the molecule is C=CCN(CCO)C(=O)Nc1nnc(C(CC)c2ccccc2)s1. The number of anilines is 1. The molecule has 0 radical (unpaired) electrons. The first kappa shape index (κ1) is 18.1. The van der Waals surface area contributed by atoms with Crippen molar-refractivity contribution in [2.75, 3.05) is 25.0 Å². The number of nitrogens with zero attached hydrogens (tertiary/aromatic N) is 3. The average molecular weight is 346 g/mol. The molecule has 0 saturated heterocycles. The van der Waals surface area contributed by atoms with E-state index in [-0.39, 0.29) is 25.1 Å². The van der Waals surface area contributed by atoms with E-state index in [4.69, 9.17) is 5.11 Å². The normalized spacial score (nSPS) is 11.8. The lowest BCUT2D eigenvalue weighted by molar-refractivity contribution is 0.195. The van der Waals surface area contributed by atoms with Crippen LogP contribution in [-0.4, -0.2) is 45.9 Å². The number of nitrogens with one attached hydrogen (secondary N) is 1. The van der Waals surface area contributed by atoms with Crippen molar-refractivity contribution in [1.82, 2.24) is 15.1 Å². The summed E-state index contributed by atoms with van der Waals surface area (Å²) in [5, 5.41) is 21.4. The molecule has 1 aromatic carbocycles. The molecule has 0 aliphatic rings. The van der Waals surface area contributed by atoms with Gasteiger partial charge >= 0.3 is 6.03 Å². The van der Waals surface area contributed by atoms with Gasteiger partial charge < -0.3 is 10.0 Å². The number of benzene rings is 1. The van der Waals surface area contributed by atoms with Crippen LogP contribution in [0.25, 0.3) is 0 Å². The molecule has 128 valence electrons. The Morgan fingerprint density at radius 2 is 2.17 bits per heavy atom. The molecule has 6 nitrogen and oxygen atoms in total. The Morgan fingerprint density at radius 3 is 2.79 bits per heavy atom. The molecule has 0 fully saturated rings. The number of urea groups is 1. The Balaban J connectivity index is 2.09. The van der Waals surface area contributed by atoms with E-state index in [0.29, 0.717) is 11.7 Å². The van der Waals surface area contributed by atoms with Crippen molar-refractivity contribution in [1.29, 1.82) is 0 Å². The smallest absolute Gasteiger partial charge is 0.324 e. The van der Waals surface area contributed by atoms with Crippen LogP contribution in [0.15, 0.2) is 43.0 Å². The minimum Gasteiger partial charge on any atom is -0.395 e. The molecule has 0 bridgehead atoms. The molecule has 1 unspecified atom stereocenters. The average Bonchev–Trinajstić information content (AvgIpc) is 3.04. The lowest BCUT2D eigenvalue weighted by Gasteiger charge is -2.19. The van der Waals surface area contributed by atoms with E-state index in [0.717, 1.165) is 11.4 Å². The number of aliphatic hydroxyl groups excluding tert-OH is 1. The van der Waals surface area contributed by atoms with Crippen molar-refractivity contribution >= 4 is 22.5 Å². The van der Waals surface area contributed by atoms with Crippen LogP contribution >= 0.6 is 11.3 Å². The quantitative estimate of drug-likeness (QED) is 0.720. The zero-order valence-corrected chi connectivity index (χ0v) is 14.5. The van der Waals surface area contributed by atoms with Gasteiger partial charge in [0.2, 0.25) is 5.13 Å². The van der Waals surface area contributed by atoms with Crippen molar-refractivity contribution < 1.29 is 9.90 Å². The molecule has 1 aromatic heterocycles. The summed E-state index contributed by atoms with van der Waals surface area (Å²) >= 11 is 1.37. The summed E-state index contributed by atoms with van der Waals surface area (Å²) in [6, 6.07) is 9.81. The van der Waals surface area contributed by atoms with Crippen LogP contribution in [0.1, 0.15) is 29.8 Å². The number of aromatic nitrogens is 2. The number of aliphatic hydroxyl groups is 1. The van der Waals surface area contributed by atoms with E-state index in [1.54, 1.807) is 6.08 Å². The van der Waals surface area contributed by atoms with E-state index in [2.05, 4.69) is 41.1 Å². The maximum absolute atomic E-state index is 12.2. The second-order valence-corrected chi connectivity index (χ2v) is 6.21. The van der Waals surface area contributed by atoms with E-state index in [1.807, 2.05) is 18.2 Å². The highest BCUT2D eigenvalue weighted by atomic mass is 32.1. The summed E-state index contributed by atoms with van der Waals surface area (Å²) in [5.41, 5.74) is 1.18. The third-order valence-electron chi connectivity index (χ3n) is 3.57. The molecule has 7 heteroatoms. The van der Waals surface area contributed by atoms with E-state index >= 15 is 0 Å². The number of amides is 2. The predicted molar refractivity (Wildman–Crippen MR) is 96.4 cm³/mol. The number of carbonyl (C=O) groups is 1. The van der Waals surface area contributed by atoms with Crippen molar-refractivity contribution in [3.63, 3.8) is 0 Å². The molecule has 0 aliphatic carbocycles. The van der Waals surface area contributed by atoms with Crippen LogP contribution in [0.3, 0.4) is 0 Å². The van der Waals surface area contributed by atoms with Crippen molar-refractivity contribution in [3.05, 3.63) is 53.6 Å². The van der Waals surface area contributed by atoms with Gasteiger partial charge in [-0.1, -0.05) is 54.7 Å². The maximum Gasteiger partial charge on any atom is 0.324 e. The summed E-state index contributed by atoms with van der Waals surface area (Å²) < 4.78 is 0. The summed E-state index contributed by atoms with van der Waals surface area (Å²) in [7, 11) is 0. The van der Waals surface area contributed by atoms with Gasteiger partial charge in [0.1, 0.15) is 5.01 Å². The zero-order chi connectivity index (χ0) is 17.4. The molecule has 2 rings (SSSR count). The molecular weight excluding hydrogens is 324 g/mol. The van der Waals surface area contributed by atoms with Gasteiger partial charge in [0.25, 0.3) is 0 Å². The molecule has 0 aliphatic heterocycles. The topological polar surface area (TPSA) is 78.4 Å². The zero-order valence-electron chi connectivity index (χ0n) is 13.7. The van der Waals surface area contributed by atoms with Gasteiger partial charge in [0.05, 0.1) is 6.61 Å². The third kappa shape index (κ3) is 4.62. The fourth-order valence-corrected chi connectivity index (χ4v) is 3.33. The third-order valence-corrected chi connectivity index (χ3v) is 4.52. The van der Waals surface area contributed by atoms with Crippen molar-refractivity contribution in [3.8, 4) is 0 Å². The van der Waals surface area contributed by atoms with Crippen LogP contribution in [0.4, 0.5) is 9.93 Å². The standard InChI is InChI=1S/C17H22N4O2S/c1-3-10-21(11-12-22)17(23)18-16-20-19-15(24-16)14(4-2)13-8-6-5-7-9-13/h3,5-9,14,22H,1,4,10-12H2,2H3,(H,18,20,23). The van der Waals surface area contributed by atoms with Crippen LogP contribution in [0.2, 0.25) is 0 Å². The molecule has 24 heavy (non-hydrogen) atoms. The molecule has 1 atom stereocenters. The van der Waals surface area contributed by atoms with Gasteiger partial charge in [0, 0.05) is 19.0 Å². The lowest BCUT2D eigenvalue weighted by atomic mass is 9.97. The van der Waals surface area contributed by atoms with Crippen LogP contribution < -0.4 is 5.32 Å². The van der Waals surface area contributed by atoms with Crippen LogP contribution in [-0.2, 0) is 0 Å².